The number of hydrogen-bond acceptors (Lipinski definition) is 12. The molecule has 0 amide bonds. The van der Waals surface area contributed by atoms with Crippen molar-refractivity contribution in [3.8, 4) is 0 Å². The van der Waals surface area contributed by atoms with Crippen LogP contribution in [0.3, 0.4) is 0 Å². The first-order valence-electron chi connectivity index (χ1n) is 12.4. The summed E-state index contributed by atoms with van der Waals surface area (Å²) in [7, 11) is 0. The third-order valence-electron chi connectivity index (χ3n) is 4.87. The fourth-order valence-corrected chi connectivity index (χ4v) is 2.96. The van der Waals surface area contributed by atoms with Gasteiger partial charge in [0.1, 0.15) is 0 Å². The standard InChI is InChI=1S/C26H38O12/c1-7-33-21(27)15-19(25(31)35-9-3)17(5)23(29)37-13-11-12-14-38-24(30)18(6)20(26(32)36-10-4)16-22(28)34-8-2/h19-20H,5-16H2,1-4H3. The quantitative estimate of drug-likeness (QED) is 0.102. The van der Waals surface area contributed by atoms with Crippen molar-refractivity contribution in [2.75, 3.05) is 39.6 Å². The second-order valence-corrected chi connectivity index (χ2v) is 7.66. The minimum absolute atomic E-state index is 0.0506. The third-order valence-corrected chi connectivity index (χ3v) is 4.87. The highest BCUT2D eigenvalue weighted by atomic mass is 16.6. The van der Waals surface area contributed by atoms with Gasteiger partial charge in [0.15, 0.2) is 0 Å². The highest BCUT2D eigenvalue weighted by Gasteiger charge is 2.32. The molecule has 2 unspecified atom stereocenters. The highest BCUT2D eigenvalue weighted by Crippen LogP contribution is 2.20. The fraction of sp³-hybridized carbons (Fsp3) is 0.615. The summed E-state index contributed by atoms with van der Waals surface area (Å²) >= 11 is 0. The van der Waals surface area contributed by atoms with Crippen LogP contribution in [0.15, 0.2) is 24.3 Å². The van der Waals surface area contributed by atoms with Crippen LogP contribution in [0.1, 0.15) is 53.4 Å². The summed E-state index contributed by atoms with van der Waals surface area (Å²) in [5, 5.41) is 0. The maximum Gasteiger partial charge on any atom is 0.334 e. The zero-order chi connectivity index (χ0) is 29.1. The van der Waals surface area contributed by atoms with E-state index < -0.39 is 60.5 Å². The van der Waals surface area contributed by atoms with Crippen molar-refractivity contribution in [2.45, 2.75) is 53.4 Å². The van der Waals surface area contributed by atoms with Crippen molar-refractivity contribution in [2.24, 2.45) is 11.8 Å². The molecule has 0 aromatic heterocycles. The molecular weight excluding hydrogens is 504 g/mol. The van der Waals surface area contributed by atoms with E-state index in [1.54, 1.807) is 27.7 Å². The monoisotopic (exact) mass is 542 g/mol. The van der Waals surface area contributed by atoms with Gasteiger partial charge in [-0.2, -0.15) is 0 Å². The lowest BCUT2D eigenvalue weighted by Crippen LogP contribution is -2.28. The van der Waals surface area contributed by atoms with Gasteiger partial charge in [0, 0.05) is 11.1 Å². The van der Waals surface area contributed by atoms with Gasteiger partial charge in [-0.1, -0.05) is 13.2 Å². The van der Waals surface area contributed by atoms with E-state index in [4.69, 9.17) is 28.4 Å². The predicted octanol–water partition coefficient (Wildman–Crippen LogP) is 2.23. The Labute approximate surface area is 222 Å². The lowest BCUT2D eigenvalue weighted by Gasteiger charge is -2.17. The van der Waals surface area contributed by atoms with E-state index in [0.717, 1.165) is 0 Å². The Morgan fingerprint density at radius 3 is 1.13 bits per heavy atom. The molecule has 0 aliphatic carbocycles. The Morgan fingerprint density at radius 2 is 0.842 bits per heavy atom. The van der Waals surface area contributed by atoms with Crippen molar-refractivity contribution in [3.63, 3.8) is 0 Å². The normalized spacial score (nSPS) is 11.8. The molecule has 0 radical (unpaired) electrons. The summed E-state index contributed by atoms with van der Waals surface area (Å²) in [6.07, 6.45) is -0.261. The zero-order valence-electron chi connectivity index (χ0n) is 22.5. The van der Waals surface area contributed by atoms with Gasteiger partial charge in [-0.3, -0.25) is 19.2 Å². The number of esters is 6. The Bertz CT molecular complexity index is 790. The van der Waals surface area contributed by atoms with Crippen LogP contribution in [0.2, 0.25) is 0 Å². The number of unbranched alkanes of at least 4 members (excludes halogenated alkanes) is 1. The van der Waals surface area contributed by atoms with Crippen LogP contribution >= 0.6 is 0 Å². The Kier molecular flexibility index (Phi) is 17.5. The molecule has 2 atom stereocenters. The first-order chi connectivity index (χ1) is 18.0. The summed E-state index contributed by atoms with van der Waals surface area (Å²) in [6.45, 7) is 13.7. The van der Waals surface area contributed by atoms with Gasteiger partial charge < -0.3 is 28.4 Å². The molecule has 0 N–H and O–H groups in total. The average Bonchev–Trinajstić information content (AvgIpc) is 2.87. The molecular formula is C26H38O12. The summed E-state index contributed by atoms with van der Waals surface area (Å²) in [4.78, 5) is 72.6. The third kappa shape index (κ3) is 13.0. The van der Waals surface area contributed by atoms with Gasteiger partial charge in [0.05, 0.1) is 64.3 Å². The van der Waals surface area contributed by atoms with Crippen LogP contribution in [0.5, 0.6) is 0 Å². The van der Waals surface area contributed by atoms with Crippen molar-refractivity contribution in [1.82, 2.24) is 0 Å². The second kappa shape index (κ2) is 19.4. The second-order valence-electron chi connectivity index (χ2n) is 7.66. The fourth-order valence-electron chi connectivity index (χ4n) is 2.96. The molecule has 0 bridgehead atoms. The molecule has 0 aliphatic heterocycles. The van der Waals surface area contributed by atoms with E-state index >= 15 is 0 Å². The smallest absolute Gasteiger partial charge is 0.334 e. The first-order valence-corrected chi connectivity index (χ1v) is 12.4. The first kappa shape index (κ1) is 34.3. The zero-order valence-corrected chi connectivity index (χ0v) is 22.5. The van der Waals surface area contributed by atoms with Gasteiger partial charge in [-0.15, -0.1) is 0 Å². The summed E-state index contributed by atoms with van der Waals surface area (Å²) in [6, 6.07) is 0. The van der Waals surface area contributed by atoms with Crippen LogP contribution in [0.25, 0.3) is 0 Å². The molecule has 0 saturated heterocycles. The van der Waals surface area contributed by atoms with Crippen molar-refractivity contribution in [3.05, 3.63) is 24.3 Å². The van der Waals surface area contributed by atoms with Crippen molar-refractivity contribution >= 4 is 35.8 Å². The summed E-state index contributed by atoms with van der Waals surface area (Å²) in [5.41, 5.74) is -0.489. The minimum atomic E-state index is -1.24. The topological polar surface area (TPSA) is 158 Å². The van der Waals surface area contributed by atoms with Gasteiger partial charge in [0.25, 0.3) is 0 Å². The van der Waals surface area contributed by atoms with Gasteiger partial charge in [-0.05, 0) is 40.5 Å². The molecule has 38 heavy (non-hydrogen) atoms. The summed E-state index contributed by atoms with van der Waals surface area (Å²) in [5.74, 6) is -7.20. The number of ether oxygens (including phenoxy) is 6. The Morgan fingerprint density at radius 1 is 0.526 bits per heavy atom. The molecule has 0 aliphatic rings. The van der Waals surface area contributed by atoms with E-state index in [-0.39, 0.29) is 63.6 Å². The van der Waals surface area contributed by atoms with E-state index in [0.29, 0.717) is 0 Å². The van der Waals surface area contributed by atoms with Crippen LogP contribution in [-0.4, -0.2) is 75.5 Å². The van der Waals surface area contributed by atoms with E-state index in [9.17, 15) is 28.8 Å². The maximum atomic E-state index is 12.3. The molecule has 0 heterocycles. The number of hydrogen-bond donors (Lipinski definition) is 0. The highest BCUT2D eigenvalue weighted by molar-refractivity contribution is 5.97. The number of carbonyl (C=O) groups is 6. The van der Waals surface area contributed by atoms with Crippen LogP contribution in [0.4, 0.5) is 0 Å². The van der Waals surface area contributed by atoms with E-state index in [1.807, 2.05) is 0 Å². The van der Waals surface area contributed by atoms with Crippen LogP contribution in [0, 0.1) is 11.8 Å². The number of rotatable bonds is 19. The lowest BCUT2D eigenvalue weighted by atomic mass is 9.97. The van der Waals surface area contributed by atoms with E-state index in [2.05, 4.69) is 13.2 Å². The Balaban J connectivity index is 4.72. The molecule has 0 spiro atoms. The minimum Gasteiger partial charge on any atom is -0.466 e. The molecule has 0 aromatic carbocycles. The largest absolute Gasteiger partial charge is 0.466 e. The molecule has 0 rings (SSSR count). The molecule has 214 valence electrons. The molecule has 0 saturated carbocycles. The number of carbonyl (C=O) groups excluding carboxylic acids is 6. The maximum absolute atomic E-state index is 12.3. The average molecular weight is 543 g/mol. The molecule has 0 aromatic rings. The van der Waals surface area contributed by atoms with Crippen molar-refractivity contribution in [1.29, 1.82) is 0 Å². The molecule has 12 nitrogen and oxygen atoms in total. The van der Waals surface area contributed by atoms with Crippen molar-refractivity contribution < 1.29 is 57.2 Å². The van der Waals surface area contributed by atoms with E-state index in [1.165, 1.54) is 0 Å². The SMILES string of the molecule is C=C(C(=O)OCCCCOC(=O)C(=C)C(CC(=O)OCC)C(=O)OCC)C(CC(=O)OCC)C(=O)OCC. The van der Waals surface area contributed by atoms with Gasteiger partial charge in [-0.25, -0.2) is 9.59 Å². The Hall–Kier alpha value is -3.70. The molecule has 0 fully saturated rings. The van der Waals surface area contributed by atoms with Crippen LogP contribution < -0.4 is 0 Å². The predicted molar refractivity (Wildman–Crippen MR) is 132 cm³/mol. The summed E-state index contributed by atoms with van der Waals surface area (Å²) < 4.78 is 29.7. The lowest BCUT2D eigenvalue weighted by molar-refractivity contribution is -0.155. The van der Waals surface area contributed by atoms with Gasteiger partial charge >= 0.3 is 35.8 Å². The van der Waals surface area contributed by atoms with Crippen LogP contribution in [-0.2, 0) is 57.2 Å². The molecule has 12 heteroatoms. The van der Waals surface area contributed by atoms with Gasteiger partial charge in [0.2, 0.25) is 0 Å².